The molecule has 1 aliphatic rings. The fourth-order valence-corrected chi connectivity index (χ4v) is 2.41. The standard InChI is InChI=1S/C14H15ClF3NO/c1-7(2)9-5-10(8-3-4-8)11(15)6-12(9)19-13(20)14(16,17)18/h5-8H,3-4H2,1-2H3,(H,19,20). The SMILES string of the molecule is CC(C)c1cc(C2CC2)c(Cl)cc1NC(=O)C(F)(F)F. The smallest absolute Gasteiger partial charge is 0.318 e. The van der Waals surface area contributed by atoms with Gasteiger partial charge in [-0.2, -0.15) is 13.2 Å². The molecule has 0 saturated heterocycles. The molecule has 1 aliphatic carbocycles. The highest BCUT2D eigenvalue weighted by Crippen LogP contribution is 2.45. The van der Waals surface area contributed by atoms with Gasteiger partial charge in [0.05, 0.1) is 0 Å². The van der Waals surface area contributed by atoms with Crippen LogP contribution in [0.4, 0.5) is 18.9 Å². The third-order valence-corrected chi connectivity index (χ3v) is 3.64. The highest BCUT2D eigenvalue weighted by atomic mass is 35.5. The Hall–Kier alpha value is -1.23. The van der Waals surface area contributed by atoms with E-state index in [1.165, 1.54) is 6.07 Å². The van der Waals surface area contributed by atoms with Gasteiger partial charge in [0.2, 0.25) is 0 Å². The molecule has 6 heteroatoms. The van der Waals surface area contributed by atoms with Crippen molar-refractivity contribution in [3.8, 4) is 0 Å². The van der Waals surface area contributed by atoms with Crippen molar-refractivity contribution in [2.75, 3.05) is 5.32 Å². The molecule has 2 rings (SSSR count). The van der Waals surface area contributed by atoms with E-state index in [-0.39, 0.29) is 11.6 Å². The normalized spacial score (nSPS) is 15.6. The van der Waals surface area contributed by atoms with Gasteiger partial charge in [-0.25, -0.2) is 0 Å². The van der Waals surface area contributed by atoms with E-state index < -0.39 is 12.1 Å². The summed E-state index contributed by atoms with van der Waals surface area (Å²) in [5.41, 5.74) is 1.77. The number of rotatable bonds is 3. The molecule has 2 nitrogen and oxygen atoms in total. The predicted octanol–water partition coefficient (Wildman–Crippen LogP) is 4.84. The van der Waals surface area contributed by atoms with E-state index in [0.29, 0.717) is 16.5 Å². The molecule has 0 unspecified atom stereocenters. The van der Waals surface area contributed by atoms with Crippen molar-refractivity contribution >= 4 is 23.2 Å². The molecule has 1 fully saturated rings. The second kappa shape index (κ2) is 5.28. The first-order valence-electron chi connectivity index (χ1n) is 6.41. The first-order valence-corrected chi connectivity index (χ1v) is 6.79. The lowest BCUT2D eigenvalue weighted by atomic mass is 9.96. The third kappa shape index (κ3) is 3.26. The molecule has 1 aromatic carbocycles. The number of hydrogen-bond donors (Lipinski definition) is 1. The number of halogens is 4. The van der Waals surface area contributed by atoms with Crippen LogP contribution in [-0.4, -0.2) is 12.1 Å². The number of carbonyl (C=O) groups is 1. The van der Waals surface area contributed by atoms with Crippen molar-refractivity contribution in [3.63, 3.8) is 0 Å². The third-order valence-electron chi connectivity index (χ3n) is 3.31. The molecule has 1 saturated carbocycles. The maximum absolute atomic E-state index is 12.3. The molecule has 0 aliphatic heterocycles. The lowest BCUT2D eigenvalue weighted by Gasteiger charge is -2.17. The van der Waals surface area contributed by atoms with E-state index in [9.17, 15) is 18.0 Å². The van der Waals surface area contributed by atoms with E-state index in [0.717, 1.165) is 18.4 Å². The van der Waals surface area contributed by atoms with Crippen molar-refractivity contribution in [2.45, 2.75) is 44.7 Å². The minimum Gasteiger partial charge on any atom is -0.318 e. The maximum Gasteiger partial charge on any atom is 0.471 e. The molecule has 0 aromatic heterocycles. The van der Waals surface area contributed by atoms with E-state index in [4.69, 9.17) is 11.6 Å². The second-order valence-electron chi connectivity index (χ2n) is 5.34. The fraction of sp³-hybridized carbons (Fsp3) is 0.500. The van der Waals surface area contributed by atoms with Crippen LogP contribution in [0.15, 0.2) is 12.1 Å². The molecule has 0 heterocycles. The summed E-state index contributed by atoms with van der Waals surface area (Å²) in [4.78, 5) is 11.1. The van der Waals surface area contributed by atoms with Crippen LogP contribution in [0.2, 0.25) is 5.02 Å². The highest BCUT2D eigenvalue weighted by molar-refractivity contribution is 6.32. The Kier molecular flexibility index (Phi) is 4.00. The Labute approximate surface area is 120 Å². The lowest BCUT2D eigenvalue weighted by molar-refractivity contribution is -0.167. The minimum absolute atomic E-state index is 0.00620. The van der Waals surface area contributed by atoms with Gasteiger partial charge in [0.15, 0.2) is 0 Å². The molecular formula is C14H15ClF3NO. The zero-order valence-corrected chi connectivity index (χ0v) is 11.9. The second-order valence-corrected chi connectivity index (χ2v) is 5.75. The van der Waals surface area contributed by atoms with Crippen LogP contribution < -0.4 is 5.32 Å². The molecule has 1 aromatic rings. The van der Waals surface area contributed by atoms with Crippen LogP contribution in [0, 0.1) is 0 Å². The lowest BCUT2D eigenvalue weighted by Crippen LogP contribution is -2.30. The molecule has 0 atom stereocenters. The van der Waals surface area contributed by atoms with E-state index in [1.54, 1.807) is 0 Å². The van der Waals surface area contributed by atoms with Gasteiger partial charge in [0.25, 0.3) is 0 Å². The monoisotopic (exact) mass is 305 g/mol. The average Bonchev–Trinajstić information content (AvgIpc) is 3.11. The molecule has 20 heavy (non-hydrogen) atoms. The van der Waals surface area contributed by atoms with Crippen LogP contribution in [-0.2, 0) is 4.79 Å². The molecule has 0 spiro atoms. The minimum atomic E-state index is -4.91. The molecule has 1 amide bonds. The number of anilines is 1. The van der Waals surface area contributed by atoms with E-state index in [2.05, 4.69) is 0 Å². The number of hydrogen-bond acceptors (Lipinski definition) is 1. The number of alkyl halides is 3. The largest absolute Gasteiger partial charge is 0.471 e. The Morgan fingerprint density at radius 1 is 1.35 bits per heavy atom. The predicted molar refractivity (Wildman–Crippen MR) is 72.2 cm³/mol. The van der Waals surface area contributed by atoms with Crippen molar-refractivity contribution < 1.29 is 18.0 Å². The van der Waals surface area contributed by atoms with Gasteiger partial charge in [-0.15, -0.1) is 0 Å². The van der Waals surface area contributed by atoms with Crippen LogP contribution in [0.1, 0.15) is 49.7 Å². The summed E-state index contributed by atoms with van der Waals surface area (Å²) in [5, 5.41) is 2.32. The zero-order valence-electron chi connectivity index (χ0n) is 11.1. The van der Waals surface area contributed by atoms with Crippen LogP contribution in [0.3, 0.4) is 0 Å². The van der Waals surface area contributed by atoms with Gasteiger partial charge in [-0.05, 0) is 41.9 Å². The summed E-state index contributed by atoms with van der Waals surface area (Å²) < 4.78 is 37.0. The summed E-state index contributed by atoms with van der Waals surface area (Å²) in [5.74, 6) is -1.59. The Bertz CT molecular complexity index is 536. The fourth-order valence-electron chi connectivity index (χ4n) is 2.09. The summed E-state index contributed by atoms with van der Waals surface area (Å²) in [6, 6.07) is 3.24. The Morgan fingerprint density at radius 3 is 2.40 bits per heavy atom. The van der Waals surface area contributed by atoms with Gasteiger partial charge in [0, 0.05) is 10.7 Å². The van der Waals surface area contributed by atoms with Crippen molar-refractivity contribution in [1.29, 1.82) is 0 Å². The number of amides is 1. The van der Waals surface area contributed by atoms with E-state index >= 15 is 0 Å². The van der Waals surface area contributed by atoms with Crippen molar-refractivity contribution in [2.24, 2.45) is 0 Å². The van der Waals surface area contributed by atoms with Gasteiger partial charge in [-0.3, -0.25) is 4.79 Å². The van der Waals surface area contributed by atoms with Gasteiger partial charge < -0.3 is 5.32 Å². The first-order chi connectivity index (χ1) is 9.20. The summed E-state index contributed by atoms with van der Waals surface area (Å²) >= 11 is 6.11. The van der Waals surface area contributed by atoms with Gasteiger partial charge >= 0.3 is 12.1 Å². The van der Waals surface area contributed by atoms with Crippen LogP contribution in [0.25, 0.3) is 0 Å². The number of carbonyl (C=O) groups excluding carboxylic acids is 1. The molecular weight excluding hydrogens is 291 g/mol. The summed E-state index contributed by atoms with van der Waals surface area (Å²) in [7, 11) is 0. The van der Waals surface area contributed by atoms with Crippen molar-refractivity contribution in [3.05, 3.63) is 28.3 Å². The van der Waals surface area contributed by atoms with Gasteiger partial charge in [0.1, 0.15) is 0 Å². The number of benzene rings is 1. The molecule has 110 valence electrons. The highest BCUT2D eigenvalue weighted by Gasteiger charge is 2.39. The molecule has 1 N–H and O–H groups in total. The zero-order chi connectivity index (χ0) is 15.1. The first kappa shape index (κ1) is 15.2. The van der Waals surface area contributed by atoms with Crippen LogP contribution in [0.5, 0.6) is 0 Å². The van der Waals surface area contributed by atoms with E-state index in [1.807, 2.05) is 25.2 Å². The van der Waals surface area contributed by atoms with Crippen LogP contribution >= 0.6 is 11.6 Å². The average molecular weight is 306 g/mol. The van der Waals surface area contributed by atoms with Crippen molar-refractivity contribution in [1.82, 2.24) is 0 Å². The topological polar surface area (TPSA) is 29.1 Å². The molecule has 0 bridgehead atoms. The number of nitrogens with one attached hydrogen (secondary N) is 1. The molecule has 0 radical (unpaired) electrons. The summed E-state index contributed by atoms with van der Waals surface area (Å²) in [6.07, 6.45) is -2.81. The van der Waals surface area contributed by atoms with Gasteiger partial charge in [-0.1, -0.05) is 31.5 Å². The Balaban J connectivity index is 2.36. The quantitative estimate of drug-likeness (QED) is 0.850. The summed E-state index contributed by atoms with van der Waals surface area (Å²) in [6.45, 7) is 3.73. The maximum atomic E-state index is 12.3. The Morgan fingerprint density at radius 2 is 1.95 bits per heavy atom.